The molecule has 0 aliphatic heterocycles. The molecule has 104 valence electrons. The van der Waals surface area contributed by atoms with Gasteiger partial charge in [0.25, 0.3) is 5.91 Å². The topological polar surface area (TPSA) is 79.3 Å². The number of amides is 1. The lowest BCUT2D eigenvalue weighted by atomic mass is 10.2. The predicted octanol–water partition coefficient (Wildman–Crippen LogP) is 2.57. The monoisotopic (exact) mass is 308 g/mol. The number of hydrogen-bond donors (Lipinski definition) is 2. The number of aromatic nitrogens is 1. The first-order valence-electron chi connectivity index (χ1n) is 6.21. The molecular formula is C13H12N2O3S2. The third-order valence-corrected chi connectivity index (χ3v) is 5.12. The maximum absolute atomic E-state index is 12.1. The van der Waals surface area contributed by atoms with E-state index in [1.165, 1.54) is 39.5 Å². The molecular weight excluding hydrogens is 296 g/mol. The van der Waals surface area contributed by atoms with Gasteiger partial charge in [-0.15, -0.1) is 22.7 Å². The van der Waals surface area contributed by atoms with E-state index >= 15 is 0 Å². The summed E-state index contributed by atoms with van der Waals surface area (Å²) in [5.41, 5.74) is 1.75. The normalized spacial score (nSPS) is 13.2. The molecule has 0 radical (unpaired) electrons. The van der Waals surface area contributed by atoms with Crippen molar-refractivity contribution in [2.45, 2.75) is 25.7 Å². The molecule has 0 spiro atoms. The molecule has 0 bridgehead atoms. The van der Waals surface area contributed by atoms with Gasteiger partial charge in [-0.1, -0.05) is 0 Å². The zero-order valence-corrected chi connectivity index (χ0v) is 12.1. The molecule has 1 amide bonds. The minimum Gasteiger partial charge on any atom is -0.481 e. The largest absolute Gasteiger partial charge is 0.481 e. The summed E-state index contributed by atoms with van der Waals surface area (Å²) in [7, 11) is 0. The zero-order valence-electron chi connectivity index (χ0n) is 10.5. The Kier molecular flexibility index (Phi) is 3.54. The van der Waals surface area contributed by atoms with Crippen LogP contribution in [0.3, 0.4) is 0 Å². The van der Waals surface area contributed by atoms with E-state index in [1.54, 1.807) is 5.38 Å². The predicted molar refractivity (Wildman–Crippen MR) is 77.8 cm³/mol. The van der Waals surface area contributed by atoms with Crippen molar-refractivity contribution in [3.05, 3.63) is 32.5 Å². The van der Waals surface area contributed by atoms with Gasteiger partial charge in [0.15, 0.2) is 5.13 Å². The molecule has 20 heavy (non-hydrogen) atoms. The Bertz CT molecular complexity index is 653. The van der Waals surface area contributed by atoms with Gasteiger partial charge in [-0.3, -0.25) is 14.9 Å². The fourth-order valence-electron chi connectivity index (χ4n) is 2.20. The van der Waals surface area contributed by atoms with Gasteiger partial charge in [-0.2, -0.15) is 0 Å². The SMILES string of the molecule is O=C(O)Cc1csc(NC(=O)c2cc3c(s2)CCC3)n1. The third-order valence-electron chi connectivity index (χ3n) is 3.07. The van der Waals surface area contributed by atoms with E-state index in [4.69, 9.17) is 5.11 Å². The fraction of sp³-hybridized carbons (Fsp3) is 0.308. The first-order valence-corrected chi connectivity index (χ1v) is 7.90. The van der Waals surface area contributed by atoms with Crippen molar-refractivity contribution >= 4 is 39.7 Å². The Morgan fingerprint density at radius 2 is 2.25 bits per heavy atom. The average molecular weight is 308 g/mol. The van der Waals surface area contributed by atoms with Crippen molar-refractivity contribution in [3.8, 4) is 0 Å². The number of carboxylic acid groups (broad SMARTS) is 1. The highest BCUT2D eigenvalue weighted by Crippen LogP contribution is 2.31. The van der Waals surface area contributed by atoms with Crippen LogP contribution in [0.4, 0.5) is 5.13 Å². The summed E-state index contributed by atoms with van der Waals surface area (Å²) >= 11 is 2.78. The van der Waals surface area contributed by atoms with Gasteiger partial charge in [0.2, 0.25) is 0 Å². The summed E-state index contributed by atoms with van der Waals surface area (Å²) in [4.78, 5) is 28.8. The lowest BCUT2D eigenvalue weighted by molar-refractivity contribution is -0.136. The second kappa shape index (κ2) is 5.34. The number of anilines is 1. The van der Waals surface area contributed by atoms with Gasteiger partial charge in [0.05, 0.1) is 17.0 Å². The van der Waals surface area contributed by atoms with Crippen molar-refractivity contribution in [1.29, 1.82) is 0 Å². The average Bonchev–Trinajstić information content (AvgIpc) is 3.02. The molecule has 0 aromatic carbocycles. The van der Waals surface area contributed by atoms with E-state index in [9.17, 15) is 9.59 Å². The third kappa shape index (κ3) is 2.73. The molecule has 0 saturated heterocycles. The molecule has 0 unspecified atom stereocenters. The molecule has 2 aromatic heterocycles. The van der Waals surface area contributed by atoms with Crippen LogP contribution in [0.2, 0.25) is 0 Å². The van der Waals surface area contributed by atoms with Crippen molar-refractivity contribution in [2.24, 2.45) is 0 Å². The number of carboxylic acids is 1. The number of nitrogens with one attached hydrogen (secondary N) is 1. The van der Waals surface area contributed by atoms with Crippen molar-refractivity contribution in [1.82, 2.24) is 4.98 Å². The molecule has 2 heterocycles. The van der Waals surface area contributed by atoms with Crippen LogP contribution >= 0.6 is 22.7 Å². The van der Waals surface area contributed by atoms with Crippen LogP contribution in [0, 0.1) is 0 Å². The quantitative estimate of drug-likeness (QED) is 0.910. The summed E-state index contributed by atoms with van der Waals surface area (Å²) < 4.78 is 0. The highest BCUT2D eigenvalue weighted by Gasteiger charge is 2.19. The highest BCUT2D eigenvalue weighted by atomic mass is 32.1. The number of rotatable bonds is 4. The van der Waals surface area contributed by atoms with Crippen LogP contribution in [0.15, 0.2) is 11.4 Å². The maximum atomic E-state index is 12.1. The van der Waals surface area contributed by atoms with Crippen LogP contribution in [-0.2, 0) is 24.1 Å². The van der Waals surface area contributed by atoms with Gasteiger partial charge < -0.3 is 5.11 Å². The van der Waals surface area contributed by atoms with Gasteiger partial charge in [-0.25, -0.2) is 4.98 Å². The van der Waals surface area contributed by atoms with E-state index in [2.05, 4.69) is 10.3 Å². The smallest absolute Gasteiger partial charge is 0.309 e. The summed E-state index contributed by atoms with van der Waals surface area (Å²) in [5.74, 6) is -1.09. The molecule has 0 atom stereocenters. The molecule has 3 rings (SSSR count). The first kappa shape index (κ1) is 13.3. The van der Waals surface area contributed by atoms with Crippen LogP contribution in [0.25, 0.3) is 0 Å². The Morgan fingerprint density at radius 3 is 3.00 bits per heavy atom. The molecule has 0 saturated carbocycles. The standard InChI is InChI=1S/C13H12N2O3S2/c16-11(17)5-8-6-19-13(14-8)15-12(18)10-4-7-2-1-3-9(7)20-10/h4,6H,1-3,5H2,(H,16,17)(H,14,15,18). The van der Waals surface area contributed by atoms with Crippen LogP contribution in [-0.4, -0.2) is 22.0 Å². The Balaban J connectivity index is 1.68. The Morgan fingerprint density at radius 1 is 1.40 bits per heavy atom. The number of aryl methyl sites for hydroxylation is 2. The number of carbonyl (C=O) groups excluding carboxylic acids is 1. The fourth-order valence-corrected chi connectivity index (χ4v) is 4.05. The highest BCUT2D eigenvalue weighted by molar-refractivity contribution is 7.15. The van der Waals surface area contributed by atoms with Crippen molar-refractivity contribution in [3.63, 3.8) is 0 Å². The number of hydrogen-bond acceptors (Lipinski definition) is 5. The van der Waals surface area contributed by atoms with Gasteiger partial charge in [0.1, 0.15) is 0 Å². The molecule has 1 aliphatic carbocycles. The maximum Gasteiger partial charge on any atom is 0.309 e. The molecule has 2 N–H and O–H groups in total. The van der Waals surface area contributed by atoms with E-state index in [0.717, 1.165) is 12.8 Å². The molecule has 5 nitrogen and oxygen atoms in total. The number of carbonyl (C=O) groups is 2. The summed E-state index contributed by atoms with van der Waals surface area (Å²) in [5, 5.41) is 13.5. The van der Waals surface area contributed by atoms with E-state index in [1.807, 2.05) is 6.07 Å². The summed E-state index contributed by atoms with van der Waals surface area (Å²) in [6, 6.07) is 1.95. The Labute approximate surface area is 123 Å². The van der Waals surface area contributed by atoms with Crippen molar-refractivity contribution in [2.75, 3.05) is 5.32 Å². The van der Waals surface area contributed by atoms with Crippen molar-refractivity contribution < 1.29 is 14.7 Å². The summed E-state index contributed by atoms with van der Waals surface area (Å²) in [6.45, 7) is 0. The number of thiazole rings is 1. The second-order valence-electron chi connectivity index (χ2n) is 4.58. The van der Waals surface area contributed by atoms with E-state index in [0.29, 0.717) is 15.7 Å². The van der Waals surface area contributed by atoms with Gasteiger partial charge in [0, 0.05) is 10.3 Å². The Hall–Kier alpha value is -1.73. The van der Waals surface area contributed by atoms with Crippen LogP contribution in [0.1, 0.15) is 32.2 Å². The second-order valence-corrected chi connectivity index (χ2v) is 6.58. The number of nitrogens with zero attached hydrogens (tertiary/aromatic N) is 1. The number of fused-ring (bicyclic) bond motifs is 1. The molecule has 0 fully saturated rings. The van der Waals surface area contributed by atoms with Crippen LogP contribution in [0.5, 0.6) is 0 Å². The molecule has 1 aliphatic rings. The lowest BCUT2D eigenvalue weighted by Crippen LogP contribution is -2.10. The summed E-state index contributed by atoms with van der Waals surface area (Å²) in [6.07, 6.45) is 3.17. The van der Waals surface area contributed by atoms with E-state index in [-0.39, 0.29) is 12.3 Å². The van der Waals surface area contributed by atoms with E-state index < -0.39 is 5.97 Å². The van der Waals surface area contributed by atoms with Crippen LogP contribution < -0.4 is 5.32 Å². The minimum atomic E-state index is -0.928. The van der Waals surface area contributed by atoms with Gasteiger partial charge >= 0.3 is 5.97 Å². The lowest BCUT2D eigenvalue weighted by Gasteiger charge is -1.98. The molecule has 7 heteroatoms. The molecule has 2 aromatic rings. The zero-order chi connectivity index (χ0) is 14.1. The van der Waals surface area contributed by atoms with Gasteiger partial charge in [-0.05, 0) is 30.9 Å². The number of aliphatic carboxylic acids is 1. The minimum absolute atomic E-state index is 0.125. The number of thiophene rings is 1. The first-order chi connectivity index (χ1) is 9.61.